The number of nitrogens with zero attached hydrogens (tertiary/aromatic N) is 2. The highest BCUT2D eigenvalue weighted by Gasteiger charge is 1.95. The van der Waals surface area contributed by atoms with Gasteiger partial charge in [0.1, 0.15) is 5.15 Å². The SMILES string of the molecule is Cc1cc(Cl)ncc1C#CCC#N. The van der Waals surface area contributed by atoms with Gasteiger partial charge in [0, 0.05) is 11.8 Å². The molecule has 1 aromatic rings. The molecule has 0 N–H and O–H groups in total. The van der Waals surface area contributed by atoms with Gasteiger partial charge in [0.2, 0.25) is 0 Å². The number of halogens is 1. The molecule has 1 aromatic heterocycles. The molecule has 1 heterocycles. The van der Waals surface area contributed by atoms with Gasteiger partial charge in [-0.25, -0.2) is 4.98 Å². The summed E-state index contributed by atoms with van der Waals surface area (Å²) in [5.74, 6) is 5.56. The van der Waals surface area contributed by atoms with Crippen molar-refractivity contribution in [1.82, 2.24) is 4.98 Å². The molecule has 3 heteroatoms. The zero-order valence-electron chi connectivity index (χ0n) is 7.13. The van der Waals surface area contributed by atoms with Crippen LogP contribution in [-0.4, -0.2) is 4.98 Å². The summed E-state index contributed by atoms with van der Waals surface area (Å²) in [6.45, 7) is 1.91. The zero-order chi connectivity index (χ0) is 9.68. The van der Waals surface area contributed by atoms with Crippen LogP contribution in [0.4, 0.5) is 0 Å². The second kappa shape index (κ2) is 4.50. The average molecular weight is 191 g/mol. The van der Waals surface area contributed by atoms with E-state index in [1.54, 1.807) is 12.3 Å². The third-order valence-electron chi connectivity index (χ3n) is 1.47. The fourth-order valence-electron chi connectivity index (χ4n) is 0.832. The van der Waals surface area contributed by atoms with E-state index in [1.165, 1.54) is 0 Å². The number of rotatable bonds is 0. The van der Waals surface area contributed by atoms with E-state index in [0.717, 1.165) is 11.1 Å². The van der Waals surface area contributed by atoms with Crippen molar-refractivity contribution < 1.29 is 0 Å². The lowest BCUT2D eigenvalue weighted by molar-refractivity contribution is 1.26. The number of hydrogen-bond donors (Lipinski definition) is 0. The molecular weight excluding hydrogens is 184 g/mol. The Morgan fingerprint density at radius 2 is 2.38 bits per heavy atom. The summed E-state index contributed by atoms with van der Waals surface area (Å²) >= 11 is 5.67. The normalized spacial score (nSPS) is 8.38. The monoisotopic (exact) mass is 190 g/mol. The average Bonchev–Trinajstić information content (AvgIpc) is 2.09. The molecule has 13 heavy (non-hydrogen) atoms. The van der Waals surface area contributed by atoms with Crippen molar-refractivity contribution in [3.8, 4) is 17.9 Å². The van der Waals surface area contributed by atoms with Crippen molar-refractivity contribution in [2.24, 2.45) is 0 Å². The van der Waals surface area contributed by atoms with Crippen molar-refractivity contribution in [3.05, 3.63) is 28.5 Å². The summed E-state index contributed by atoms with van der Waals surface area (Å²) in [7, 11) is 0. The Kier molecular flexibility index (Phi) is 3.31. The number of hydrogen-bond acceptors (Lipinski definition) is 2. The molecule has 0 aliphatic heterocycles. The molecule has 0 saturated carbocycles. The zero-order valence-corrected chi connectivity index (χ0v) is 7.89. The van der Waals surface area contributed by atoms with E-state index in [-0.39, 0.29) is 6.42 Å². The van der Waals surface area contributed by atoms with Gasteiger partial charge in [-0.1, -0.05) is 23.4 Å². The molecule has 64 valence electrons. The molecule has 0 aliphatic carbocycles. The Labute approximate surface area is 82.2 Å². The standard InChI is InChI=1S/C10H7ClN2/c1-8-6-10(11)13-7-9(8)4-2-3-5-12/h6-7H,3H2,1H3. The van der Waals surface area contributed by atoms with Gasteiger partial charge in [0.15, 0.2) is 0 Å². The van der Waals surface area contributed by atoms with Gasteiger partial charge in [0.25, 0.3) is 0 Å². The van der Waals surface area contributed by atoms with Crippen molar-refractivity contribution in [2.45, 2.75) is 13.3 Å². The van der Waals surface area contributed by atoms with E-state index in [9.17, 15) is 0 Å². The first-order chi connectivity index (χ1) is 6.24. The number of nitriles is 1. The molecule has 0 aromatic carbocycles. The van der Waals surface area contributed by atoms with Gasteiger partial charge in [-0.15, -0.1) is 0 Å². The van der Waals surface area contributed by atoms with E-state index in [4.69, 9.17) is 16.9 Å². The molecule has 0 amide bonds. The maximum atomic E-state index is 8.27. The van der Waals surface area contributed by atoms with E-state index < -0.39 is 0 Å². The summed E-state index contributed by atoms with van der Waals surface area (Å²) < 4.78 is 0. The van der Waals surface area contributed by atoms with E-state index in [1.807, 2.05) is 13.0 Å². The van der Waals surface area contributed by atoms with Crippen LogP contribution < -0.4 is 0 Å². The number of aryl methyl sites for hydroxylation is 1. The molecule has 2 nitrogen and oxygen atoms in total. The van der Waals surface area contributed by atoms with E-state index in [2.05, 4.69) is 16.8 Å². The third-order valence-corrected chi connectivity index (χ3v) is 1.67. The largest absolute Gasteiger partial charge is 0.243 e. The van der Waals surface area contributed by atoms with Gasteiger partial charge < -0.3 is 0 Å². The van der Waals surface area contributed by atoms with E-state index >= 15 is 0 Å². The fourth-order valence-corrected chi connectivity index (χ4v) is 1.04. The lowest BCUT2D eigenvalue weighted by Crippen LogP contribution is -1.84. The number of pyridine rings is 1. The molecule has 0 bridgehead atoms. The second-order valence-electron chi connectivity index (χ2n) is 2.46. The van der Waals surface area contributed by atoms with Gasteiger partial charge in [0.05, 0.1) is 12.5 Å². The van der Waals surface area contributed by atoms with Crippen molar-refractivity contribution in [2.75, 3.05) is 0 Å². The van der Waals surface area contributed by atoms with Crippen LogP contribution in [-0.2, 0) is 0 Å². The second-order valence-corrected chi connectivity index (χ2v) is 2.85. The molecule has 1 rings (SSSR count). The maximum absolute atomic E-state index is 8.27. The molecule has 0 radical (unpaired) electrons. The number of aromatic nitrogens is 1. The molecule has 0 aliphatic rings. The van der Waals surface area contributed by atoms with Crippen molar-refractivity contribution >= 4 is 11.6 Å². The first-order valence-corrected chi connectivity index (χ1v) is 4.10. The summed E-state index contributed by atoms with van der Waals surface area (Å²) in [5.41, 5.74) is 1.80. The first kappa shape index (κ1) is 9.58. The lowest BCUT2D eigenvalue weighted by atomic mass is 10.2. The van der Waals surface area contributed by atoms with Gasteiger partial charge in [-0.05, 0) is 18.6 Å². The highest BCUT2D eigenvalue weighted by Crippen LogP contribution is 2.10. The van der Waals surface area contributed by atoms with Crippen LogP contribution in [0.1, 0.15) is 17.5 Å². The minimum Gasteiger partial charge on any atom is -0.243 e. The fraction of sp³-hybridized carbons (Fsp3) is 0.200. The van der Waals surface area contributed by atoms with Crippen molar-refractivity contribution in [1.29, 1.82) is 5.26 Å². The van der Waals surface area contributed by atoms with Gasteiger partial charge in [-0.3, -0.25) is 0 Å². The smallest absolute Gasteiger partial charge is 0.129 e. The Morgan fingerprint density at radius 1 is 1.62 bits per heavy atom. The molecule has 0 fully saturated rings. The van der Waals surface area contributed by atoms with Gasteiger partial charge >= 0.3 is 0 Å². The van der Waals surface area contributed by atoms with Crippen LogP contribution in [0.3, 0.4) is 0 Å². The van der Waals surface area contributed by atoms with Gasteiger partial charge in [-0.2, -0.15) is 5.26 Å². The van der Waals surface area contributed by atoms with Crippen LogP contribution >= 0.6 is 11.6 Å². The van der Waals surface area contributed by atoms with Crippen LogP contribution in [0.5, 0.6) is 0 Å². The van der Waals surface area contributed by atoms with Crippen LogP contribution in [0.15, 0.2) is 12.3 Å². The van der Waals surface area contributed by atoms with Crippen LogP contribution in [0.2, 0.25) is 5.15 Å². The predicted molar refractivity (Wildman–Crippen MR) is 51.1 cm³/mol. The van der Waals surface area contributed by atoms with Crippen LogP contribution in [0.25, 0.3) is 0 Å². The summed E-state index contributed by atoms with van der Waals surface area (Å²) in [6.07, 6.45) is 1.85. The Balaban J connectivity index is 2.93. The molecule has 0 atom stereocenters. The third kappa shape index (κ3) is 2.78. The summed E-state index contributed by atoms with van der Waals surface area (Å²) in [6, 6.07) is 3.70. The quantitative estimate of drug-likeness (QED) is 0.465. The molecular formula is C10H7ClN2. The Bertz CT molecular complexity index is 407. The topological polar surface area (TPSA) is 36.7 Å². The molecule has 0 spiro atoms. The predicted octanol–water partition coefficient (Wildman–Crippen LogP) is 2.31. The minimum absolute atomic E-state index is 0.238. The molecule has 0 unspecified atom stereocenters. The Morgan fingerprint density at radius 3 is 3.00 bits per heavy atom. The maximum Gasteiger partial charge on any atom is 0.129 e. The van der Waals surface area contributed by atoms with E-state index in [0.29, 0.717) is 5.15 Å². The first-order valence-electron chi connectivity index (χ1n) is 3.72. The minimum atomic E-state index is 0.238. The summed E-state index contributed by atoms with van der Waals surface area (Å²) in [4.78, 5) is 3.90. The lowest BCUT2D eigenvalue weighted by Gasteiger charge is -1.96. The van der Waals surface area contributed by atoms with Crippen molar-refractivity contribution in [3.63, 3.8) is 0 Å². The highest BCUT2D eigenvalue weighted by atomic mass is 35.5. The highest BCUT2D eigenvalue weighted by molar-refractivity contribution is 6.29. The van der Waals surface area contributed by atoms with Crippen LogP contribution in [0, 0.1) is 30.1 Å². The summed E-state index contributed by atoms with van der Waals surface area (Å²) in [5, 5.41) is 8.73. The molecule has 0 saturated heterocycles. The Hall–Kier alpha value is -1.51.